The fourth-order valence-electron chi connectivity index (χ4n) is 0.654. The van der Waals surface area contributed by atoms with Crippen molar-refractivity contribution in [2.24, 2.45) is 11.8 Å². The first kappa shape index (κ1) is 7.07. The molecule has 0 saturated carbocycles. The van der Waals surface area contributed by atoms with Gasteiger partial charge < -0.3 is 5.11 Å². The van der Waals surface area contributed by atoms with Gasteiger partial charge >= 0.3 is 0 Å². The summed E-state index contributed by atoms with van der Waals surface area (Å²) >= 11 is 0. The van der Waals surface area contributed by atoms with Crippen molar-refractivity contribution in [1.82, 2.24) is 0 Å². The van der Waals surface area contributed by atoms with E-state index in [4.69, 9.17) is 1.37 Å². The second kappa shape index (κ2) is 3.89. The summed E-state index contributed by atoms with van der Waals surface area (Å²) in [5, 5.41) is 9.43. The Kier molecular flexibility index (Phi) is 3.05. The van der Waals surface area contributed by atoms with Crippen LogP contribution in [0.2, 0.25) is 0 Å². The third kappa shape index (κ3) is 4.46. The fourth-order valence-corrected chi connectivity index (χ4v) is 0.654. The van der Waals surface area contributed by atoms with Crippen LogP contribution >= 0.6 is 0 Å². The highest BCUT2D eigenvalue weighted by molar-refractivity contribution is 4.61. The molecule has 1 atom stereocenters. The molecule has 9 heavy (non-hydrogen) atoms. The third-order valence-electron chi connectivity index (χ3n) is 1.28. The summed E-state index contributed by atoms with van der Waals surface area (Å²) < 4.78 is 7.47. The molecule has 1 heteroatoms. The van der Waals surface area contributed by atoms with Crippen LogP contribution in [0, 0.1) is 11.8 Å². The SMILES string of the molecule is [2H]C(O)(CC(C)C)C(C)C. The molecule has 0 aliphatic rings. The number of hydrogen-bond acceptors (Lipinski definition) is 1. The van der Waals surface area contributed by atoms with E-state index < -0.39 is 6.08 Å². The first-order chi connectivity index (χ1) is 4.36. The van der Waals surface area contributed by atoms with Crippen molar-refractivity contribution in [2.75, 3.05) is 0 Å². The predicted octanol–water partition coefficient (Wildman–Crippen LogP) is 2.05. The Bertz CT molecular complexity index is 97.4. The minimum atomic E-state index is -1.23. The molecule has 0 radical (unpaired) electrons. The van der Waals surface area contributed by atoms with E-state index >= 15 is 0 Å². The third-order valence-corrected chi connectivity index (χ3v) is 1.28. The highest BCUT2D eigenvalue weighted by atomic mass is 16.3. The summed E-state index contributed by atoms with van der Waals surface area (Å²) in [4.78, 5) is 0. The van der Waals surface area contributed by atoms with Gasteiger partial charge in [0.2, 0.25) is 0 Å². The molecule has 0 aromatic heterocycles. The zero-order valence-electron chi connectivity index (χ0n) is 7.81. The lowest BCUT2D eigenvalue weighted by Gasteiger charge is -2.15. The first-order valence-corrected chi connectivity index (χ1v) is 3.58. The van der Waals surface area contributed by atoms with Gasteiger partial charge in [0.15, 0.2) is 0 Å². The summed E-state index contributed by atoms with van der Waals surface area (Å²) in [6.45, 7) is 7.77. The molecule has 0 spiro atoms. The maximum atomic E-state index is 9.43. The van der Waals surface area contributed by atoms with Crippen LogP contribution in [0.3, 0.4) is 0 Å². The van der Waals surface area contributed by atoms with Gasteiger partial charge in [-0.25, -0.2) is 0 Å². The molecule has 0 fully saturated rings. The summed E-state index contributed by atoms with van der Waals surface area (Å²) in [6.07, 6.45) is -0.668. The Hall–Kier alpha value is -0.0400. The van der Waals surface area contributed by atoms with Gasteiger partial charge in [-0.1, -0.05) is 27.7 Å². The Morgan fingerprint density at radius 2 is 1.78 bits per heavy atom. The van der Waals surface area contributed by atoms with Gasteiger partial charge in [-0.15, -0.1) is 0 Å². The lowest BCUT2D eigenvalue weighted by molar-refractivity contribution is 0.103. The maximum Gasteiger partial charge on any atom is 0.0603 e. The van der Waals surface area contributed by atoms with E-state index in [0.717, 1.165) is 0 Å². The van der Waals surface area contributed by atoms with Gasteiger partial charge in [0.1, 0.15) is 0 Å². The molecule has 1 unspecified atom stereocenters. The van der Waals surface area contributed by atoms with Crippen molar-refractivity contribution >= 4 is 0 Å². The van der Waals surface area contributed by atoms with Gasteiger partial charge in [0, 0.05) is 0 Å². The van der Waals surface area contributed by atoms with E-state index in [9.17, 15) is 5.11 Å². The van der Waals surface area contributed by atoms with E-state index in [1.165, 1.54) is 0 Å². The minimum absolute atomic E-state index is 0.0231. The minimum Gasteiger partial charge on any atom is -0.393 e. The molecule has 0 rings (SSSR count). The van der Waals surface area contributed by atoms with Gasteiger partial charge in [-0.3, -0.25) is 0 Å². The first-order valence-electron chi connectivity index (χ1n) is 4.08. The van der Waals surface area contributed by atoms with E-state index in [1.54, 1.807) is 0 Å². The molecule has 0 amide bonds. The Morgan fingerprint density at radius 3 is 1.89 bits per heavy atom. The smallest absolute Gasteiger partial charge is 0.0603 e. The number of rotatable bonds is 3. The lowest BCUT2D eigenvalue weighted by Crippen LogP contribution is -2.16. The molecule has 0 aliphatic carbocycles. The zero-order valence-corrected chi connectivity index (χ0v) is 6.81. The molecular weight excluding hydrogens is 112 g/mol. The van der Waals surface area contributed by atoms with E-state index in [-0.39, 0.29) is 5.92 Å². The Morgan fingerprint density at radius 1 is 1.33 bits per heavy atom. The topological polar surface area (TPSA) is 20.2 Å². The molecule has 0 bridgehead atoms. The van der Waals surface area contributed by atoms with Crippen LogP contribution in [0.25, 0.3) is 0 Å². The van der Waals surface area contributed by atoms with Crippen LogP contribution in [0.4, 0.5) is 0 Å². The zero-order chi connectivity index (χ0) is 8.36. The molecule has 0 aromatic carbocycles. The molecular formula is C8H18O. The maximum absolute atomic E-state index is 9.43. The van der Waals surface area contributed by atoms with Crippen molar-refractivity contribution in [3.63, 3.8) is 0 Å². The number of aliphatic hydroxyl groups is 1. The quantitative estimate of drug-likeness (QED) is 0.621. The van der Waals surface area contributed by atoms with Crippen LogP contribution in [0.15, 0.2) is 0 Å². The molecule has 0 heterocycles. The average molecular weight is 131 g/mol. The van der Waals surface area contributed by atoms with Crippen LogP contribution in [0.5, 0.6) is 0 Å². The van der Waals surface area contributed by atoms with Crippen molar-refractivity contribution < 1.29 is 6.48 Å². The summed E-state index contributed by atoms with van der Waals surface area (Å²) in [6, 6.07) is 0. The van der Waals surface area contributed by atoms with Crippen molar-refractivity contribution in [3.05, 3.63) is 0 Å². The molecule has 0 aliphatic heterocycles. The van der Waals surface area contributed by atoms with Crippen LogP contribution in [-0.4, -0.2) is 11.2 Å². The van der Waals surface area contributed by atoms with Gasteiger partial charge in [0.25, 0.3) is 0 Å². The van der Waals surface area contributed by atoms with Crippen molar-refractivity contribution in [2.45, 2.75) is 40.2 Å². The van der Waals surface area contributed by atoms with E-state index in [1.807, 2.05) is 27.7 Å². The largest absolute Gasteiger partial charge is 0.393 e. The molecule has 56 valence electrons. The predicted molar refractivity (Wildman–Crippen MR) is 40.3 cm³/mol. The second-order valence-electron chi connectivity index (χ2n) is 3.24. The molecule has 1 N–H and O–H groups in total. The van der Waals surface area contributed by atoms with E-state index in [2.05, 4.69) is 0 Å². The van der Waals surface area contributed by atoms with Crippen LogP contribution in [-0.2, 0) is 0 Å². The highest BCUT2D eigenvalue weighted by Gasteiger charge is 2.09. The molecule has 1 nitrogen and oxygen atoms in total. The standard InChI is InChI=1S/C8H18O/c1-6(2)5-8(9)7(3)4/h6-9H,5H2,1-4H3/i8D. The molecule has 0 saturated heterocycles. The van der Waals surface area contributed by atoms with Crippen molar-refractivity contribution in [1.29, 1.82) is 0 Å². The van der Waals surface area contributed by atoms with Gasteiger partial charge in [0.05, 0.1) is 7.45 Å². The summed E-state index contributed by atoms with van der Waals surface area (Å²) in [5.41, 5.74) is 0. The van der Waals surface area contributed by atoms with Crippen molar-refractivity contribution in [3.8, 4) is 0 Å². The average Bonchev–Trinajstić information content (AvgIpc) is 1.60. The number of hydrogen-bond donors (Lipinski definition) is 1. The highest BCUT2D eigenvalue weighted by Crippen LogP contribution is 2.11. The van der Waals surface area contributed by atoms with E-state index in [0.29, 0.717) is 12.3 Å². The lowest BCUT2D eigenvalue weighted by atomic mass is 9.98. The normalized spacial score (nSPS) is 20.1. The monoisotopic (exact) mass is 131 g/mol. The Balaban J connectivity index is 3.87. The van der Waals surface area contributed by atoms with Crippen LogP contribution in [0.1, 0.15) is 35.5 Å². The molecule has 0 aromatic rings. The Labute approximate surface area is 59.5 Å². The summed E-state index contributed by atoms with van der Waals surface area (Å²) in [7, 11) is 0. The van der Waals surface area contributed by atoms with Gasteiger partial charge in [-0.2, -0.15) is 0 Å². The second-order valence-corrected chi connectivity index (χ2v) is 3.24. The fraction of sp³-hybridized carbons (Fsp3) is 1.00. The van der Waals surface area contributed by atoms with Gasteiger partial charge in [-0.05, 0) is 18.3 Å². The van der Waals surface area contributed by atoms with Crippen LogP contribution < -0.4 is 0 Å². The summed E-state index contributed by atoms with van der Waals surface area (Å²) in [5.74, 6) is 0.416.